The Bertz CT molecular complexity index is 462. The van der Waals surface area contributed by atoms with Crippen LogP contribution in [0.25, 0.3) is 0 Å². The third-order valence-electron chi connectivity index (χ3n) is 3.05. The summed E-state index contributed by atoms with van der Waals surface area (Å²) in [4.78, 5) is 11.0. The van der Waals surface area contributed by atoms with E-state index in [4.69, 9.17) is 15.2 Å². The third-order valence-corrected chi connectivity index (χ3v) is 3.05. The highest BCUT2D eigenvalue weighted by atomic mass is 35.5. The predicted octanol–water partition coefficient (Wildman–Crippen LogP) is 2.06. The van der Waals surface area contributed by atoms with Crippen LogP contribution in [0.4, 0.5) is 0 Å². The molecule has 1 aromatic rings. The van der Waals surface area contributed by atoms with E-state index in [1.165, 1.54) is 14.0 Å². The molecule has 0 aromatic heterocycles. The van der Waals surface area contributed by atoms with Crippen LogP contribution in [0.5, 0.6) is 11.5 Å². The van der Waals surface area contributed by atoms with Gasteiger partial charge < -0.3 is 20.3 Å². The Morgan fingerprint density at radius 3 is 2.45 bits per heavy atom. The Labute approximate surface area is 125 Å². The molecule has 0 fully saturated rings. The van der Waals surface area contributed by atoms with E-state index < -0.39 is 11.4 Å². The van der Waals surface area contributed by atoms with E-state index >= 15 is 0 Å². The molecule has 0 radical (unpaired) electrons. The molecule has 1 atom stereocenters. The Morgan fingerprint density at radius 2 is 2.00 bits per heavy atom. The molecule has 5 nitrogen and oxygen atoms in total. The van der Waals surface area contributed by atoms with Gasteiger partial charge in [-0.15, -0.1) is 12.4 Å². The van der Waals surface area contributed by atoms with Crippen molar-refractivity contribution in [2.75, 3.05) is 13.7 Å². The van der Waals surface area contributed by atoms with Gasteiger partial charge in [0.05, 0.1) is 7.11 Å². The normalized spacial score (nSPS) is 12.3. The smallest absolute Gasteiger partial charge is 0.308 e. The second-order valence-corrected chi connectivity index (χ2v) is 5.13. The van der Waals surface area contributed by atoms with Gasteiger partial charge in [0, 0.05) is 25.0 Å². The minimum atomic E-state index is -0.450. The number of hydrogen-bond donors (Lipinski definition) is 2. The van der Waals surface area contributed by atoms with E-state index in [1.54, 1.807) is 18.2 Å². The van der Waals surface area contributed by atoms with Gasteiger partial charge in [-0.25, -0.2) is 0 Å². The monoisotopic (exact) mass is 303 g/mol. The maximum absolute atomic E-state index is 11.0. The number of hydrogen-bond acceptors (Lipinski definition) is 5. The van der Waals surface area contributed by atoms with Crippen LogP contribution in [-0.2, 0) is 4.79 Å². The lowest BCUT2D eigenvalue weighted by Crippen LogP contribution is -2.32. The zero-order chi connectivity index (χ0) is 14.6. The van der Waals surface area contributed by atoms with Gasteiger partial charge in [0.15, 0.2) is 11.5 Å². The number of aliphatic hydroxyl groups excluding tert-OH is 1. The molecule has 1 aromatic carbocycles. The van der Waals surface area contributed by atoms with Gasteiger partial charge in [0.1, 0.15) is 0 Å². The van der Waals surface area contributed by atoms with E-state index in [-0.39, 0.29) is 25.1 Å². The summed E-state index contributed by atoms with van der Waals surface area (Å²) in [6.07, 6.45) is 0. The summed E-state index contributed by atoms with van der Waals surface area (Å²) in [6, 6.07) is 4.78. The summed E-state index contributed by atoms with van der Waals surface area (Å²) >= 11 is 0. The molecule has 1 rings (SSSR count). The van der Waals surface area contributed by atoms with Crippen molar-refractivity contribution in [1.29, 1.82) is 0 Å². The number of rotatable bonds is 5. The van der Waals surface area contributed by atoms with Gasteiger partial charge in [-0.3, -0.25) is 4.79 Å². The van der Waals surface area contributed by atoms with Crippen molar-refractivity contribution >= 4 is 18.4 Å². The Kier molecular flexibility index (Phi) is 6.99. The van der Waals surface area contributed by atoms with Crippen molar-refractivity contribution in [3.05, 3.63) is 23.8 Å². The highest BCUT2D eigenvalue weighted by Crippen LogP contribution is 2.35. The minimum absolute atomic E-state index is 0. The van der Waals surface area contributed by atoms with Crippen molar-refractivity contribution in [2.45, 2.75) is 26.8 Å². The van der Waals surface area contributed by atoms with Gasteiger partial charge in [-0.2, -0.15) is 0 Å². The van der Waals surface area contributed by atoms with Crippen LogP contribution in [0, 0.1) is 5.41 Å². The molecule has 0 aliphatic heterocycles. The Hall–Kier alpha value is -1.30. The van der Waals surface area contributed by atoms with E-state index in [0.717, 1.165) is 5.56 Å². The first-order valence-corrected chi connectivity index (χ1v) is 6.04. The number of methoxy groups -OCH3 is 1. The van der Waals surface area contributed by atoms with E-state index in [9.17, 15) is 9.90 Å². The number of halogens is 1. The number of nitrogens with two attached hydrogens (primary N) is 1. The molecule has 0 aliphatic rings. The molecule has 0 aliphatic carbocycles. The molecule has 0 spiro atoms. The molecule has 3 N–H and O–H groups in total. The predicted molar refractivity (Wildman–Crippen MR) is 79.3 cm³/mol. The fourth-order valence-corrected chi connectivity index (χ4v) is 1.67. The van der Waals surface area contributed by atoms with Gasteiger partial charge >= 0.3 is 5.97 Å². The summed E-state index contributed by atoms with van der Waals surface area (Å²) in [5.74, 6) is 0.385. The molecule has 0 saturated heterocycles. The largest absolute Gasteiger partial charge is 0.493 e. The van der Waals surface area contributed by atoms with Crippen molar-refractivity contribution in [3.8, 4) is 11.5 Å². The average molecular weight is 304 g/mol. The second-order valence-electron chi connectivity index (χ2n) is 5.13. The number of benzene rings is 1. The molecule has 114 valence electrons. The van der Waals surface area contributed by atoms with Crippen LogP contribution in [0.2, 0.25) is 0 Å². The minimum Gasteiger partial charge on any atom is -0.493 e. The summed E-state index contributed by atoms with van der Waals surface area (Å²) < 4.78 is 10.2. The zero-order valence-corrected chi connectivity index (χ0v) is 13.0. The zero-order valence-electron chi connectivity index (χ0n) is 12.2. The Balaban J connectivity index is 0.00000361. The van der Waals surface area contributed by atoms with Crippen LogP contribution >= 0.6 is 12.4 Å². The van der Waals surface area contributed by atoms with Crippen molar-refractivity contribution in [3.63, 3.8) is 0 Å². The standard InChI is InChI=1S/C14H21NO4.ClH/c1-9(17)19-11-6-5-10(7-12(11)18-4)13(15)14(2,3)8-16;/h5-7,13,16H,8,15H2,1-4H3;1H/t13-;/m1./s1. The number of aliphatic hydroxyl groups is 1. The van der Waals surface area contributed by atoms with E-state index in [1.807, 2.05) is 13.8 Å². The number of carbonyl (C=O) groups excluding carboxylic acids is 1. The molecule has 0 saturated carbocycles. The molecular formula is C14H22ClNO4. The van der Waals surface area contributed by atoms with Crippen molar-refractivity contribution in [1.82, 2.24) is 0 Å². The van der Waals surface area contributed by atoms with Crippen LogP contribution in [0.3, 0.4) is 0 Å². The summed E-state index contributed by atoms with van der Waals surface area (Å²) in [6.45, 7) is 5.06. The lowest BCUT2D eigenvalue weighted by molar-refractivity contribution is -0.132. The number of ether oxygens (including phenoxy) is 2. The van der Waals surface area contributed by atoms with Gasteiger partial charge in [-0.1, -0.05) is 19.9 Å². The van der Waals surface area contributed by atoms with Gasteiger partial charge in [0.2, 0.25) is 0 Å². The maximum atomic E-state index is 11.0. The second kappa shape index (κ2) is 7.47. The maximum Gasteiger partial charge on any atom is 0.308 e. The first-order valence-electron chi connectivity index (χ1n) is 6.04. The number of carbonyl (C=O) groups is 1. The molecule has 20 heavy (non-hydrogen) atoms. The number of esters is 1. The van der Waals surface area contributed by atoms with Crippen LogP contribution in [0.15, 0.2) is 18.2 Å². The molecule has 0 unspecified atom stereocenters. The molecule has 0 heterocycles. The lowest BCUT2D eigenvalue weighted by Gasteiger charge is -2.30. The average Bonchev–Trinajstić information content (AvgIpc) is 2.37. The fourth-order valence-electron chi connectivity index (χ4n) is 1.67. The van der Waals surface area contributed by atoms with E-state index in [0.29, 0.717) is 11.5 Å². The quantitative estimate of drug-likeness (QED) is 0.643. The van der Waals surface area contributed by atoms with Gasteiger partial charge in [0.25, 0.3) is 0 Å². The highest BCUT2D eigenvalue weighted by molar-refractivity contribution is 5.85. The highest BCUT2D eigenvalue weighted by Gasteiger charge is 2.27. The van der Waals surface area contributed by atoms with Gasteiger partial charge in [-0.05, 0) is 17.7 Å². The summed E-state index contributed by atoms with van der Waals surface area (Å²) in [7, 11) is 1.49. The fraction of sp³-hybridized carbons (Fsp3) is 0.500. The first-order chi connectivity index (χ1) is 8.81. The topological polar surface area (TPSA) is 81.8 Å². The SMILES string of the molecule is COc1cc([C@@H](N)C(C)(C)CO)ccc1OC(C)=O.Cl. The van der Waals surface area contributed by atoms with Crippen LogP contribution in [0.1, 0.15) is 32.4 Å². The molecular weight excluding hydrogens is 282 g/mol. The summed E-state index contributed by atoms with van der Waals surface area (Å²) in [5, 5.41) is 9.35. The van der Waals surface area contributed by atoms with Crippen molar-refractivity contribution in [2.24, 2.45) is 11.1 Å². The molecule has 0 amide bonds. The Morgan fingerprint density at radius 1 is 1.40 bits per heavy atom. The van der Waals surface area contributed by atoms with Crippen LogP contribution < -0.4 is 15.2 Å². The molecule has 0 bridgehead atoms. The molecule has 6 heteroatoms. The van der Waals surface area contributed by atoms with Crippen LogP contribution in [-0.4, -0.2) is 24.8 Å². The van der Waals surface area contributed by atoms with Crippen molar-refractivity contribution < 1.29 is 19.4 Å². The third kappa shape index (κ3) is 4.37. The summed E-state index contributed by atoms with van der Waals surface area (Å²) in [5.41, 5.74) is 6.50. The first kappa shape index (κ1) is 18.7. The van der Waals surface area contributed by atoms with E-state index in [2.05, 4.69) is 0 Å². The lowest BCUT2D eigenvalue weighted by atomic mass is 9.82.